The zero-order valence-corrected chi connectivity index (χ0v) is 25.2. The van der Waals surface area contributed by atoms with Crippen molar-refractivity contribution in [1.29, 1.82) is 0 Å². The van der Waals surface area contributed by atoms with E-state index in [4.69, 9.17) is 9.72 Å². The average Bonchev–Trinajstić information content (AvgIpc) is 3.00. The van der Waals surface area contributed by atoms with E-state index in [1.807, 2.05) is 43.3 Å². The molecule has 222 valence electrons. The Bertz CT molecular complexity index is 1820. The van der Waals surface area contributed by atoms with Gasteiger partial charge in [0.05, 0.1) is 22.6 Å². The summed E-state index contributed by atoms with van der Waals surface area (Å²) >= 11 is 0. The molecule has 1 atom stereocenters. The Morgan fingerprint density at radius 2 is 1.81 bits per heavy atom. The number of aryl methyl sites for hydroxylation is 1. The molecule has 1 saturated heterocycles. The van der Waals surface area contributed by atoms with Crippen molar-refractivity contribution in [2.45, 2.75) is 31.6 Å². The molecular weight excluding hydrogens is 586 g/mol. The van der Waals surface area contributed by atoms with Gasteiger partial charge < -0.3 is 15.4 Å². The lowest BCUT2D eigenvalue weighted by atomic mass is 10.0. The first kappa shape index (κ1) is 30.1. The van der Waals surface area contributed by atoms with E-state index in [0.717, 1.165) is 36.9 Å². The number of sulfonamides is 1. The van der Waals surface area contributed by atoms with Gasteiger partial charge in [-0.3, -0.25) is 9.71 Å². The van der Waals surface area contributed by atoms with Gasteiger partial charge in [-0.15, -0.1) is 12.4 Å². The number of benzene rings is 2. The number of fused-ring (bicyclic) bond motifs is 1. The van der Waals surface area contributed by atoms with Crippen LogP contribution in [0.4, 0.5) is 11.6 Å². The molecule has 3 N–H and O–H groups in total. The van der Waals surface area contributed by atoms with Gasteiger partial charge in [-0.05, 0) is 68.3 Å². The molecule has 1 aliphatic heterocycles. The molecule has 2 aromatic carbocycles. The number of rotatable bonds is 9. The first-order valence-corrected chi connectivity index (χ1v) is 15.5. The maximum atomic E-state index is 13.0. The highest BCUT2D eigenvalue weighted by Crippen LogP contribution is 2.39. The quantitative estimate of drug-likeness (QED) is 0.190. The summed E-state index contributed by atoms with van der Waals surface area (Å²) in [4.78, 5) is 17.9. The zero-order chi connectivity index (χ0) is 28.9. The van der Waals surface area contributed by atoms with E-state index >= 15 is 0 Å². The van der Waals surface area contributed by atoms with Crippen molar-refractivity contribution >= 4 is 44.8 Å². The van der Waals surface area contributed by atoms with Crippen LogP contribution in [0.3, 0.4) is 0 Å². The van der Waals surface area contributed by atoms with Crippen molar-refractivity contribution in [2.24, 2.45) is 0 Å². The molecule has 3 aromatic heterocycles. The van der Waals surface area contributed by atoms with Crippen LogP contribution in [0.1, 0.15) is 24.1 Å². The summed E-state index contributed by atoms with van der Waals surface area (Å²) in [5.74, 6) is 1.29. The highest BCUT2D eigenvalue weighted by atomic mass is 35.5. The molecule has 0 aliphatic carbocycles. The van der Waals surface area contributed by atoms with Crippen molar-refractivity contribution in [3.63, 3.8) is 0 Å². The smallest absolute Gasteiger partial charge is 0.238 e. The van der Waals surface area contributed by atoms with Crippen LogP contribution in [-0.2, 0) is 15.8 Å². The van der Waals surface area contributed by atoms with E-state index in [2.05, 4.69) is 30.3 Å². The predicted octanol–water partition coefficient (Wildman–Crippen LogP) is 5.72. The van der Waals surface area contributed by atoms with Gasteiger partial charge in [0.1, 0.15) is 11.5 Å². The van der Waals surface area contributed by atoms with Crippen molar-refractivity contribution in [1.82, 2.24) is 25.3 Å². The van der Waals surface area contributed by atoms with Crippen LogP contribution in [-0.4, -0.2) is 47.5 Å². The summed E-state index contributed by atoms with van der Waals surface area (Å²) in [5.41, 5.74) is 3.19. The Balaban J connectivity index is 0.00000368. The van der Waals surface area contributed by atoms with Gasteiger partial charge in [-0.1, -0.05) is 30.3 Å². The third-order valence-corrected chi connectivity index (χ3v) is 8.28. The molecule has 12 heteroatoms. The normalized spacial score (nSPS) is 15.0. The third kappa shape index (κ3) is 7.19. The highest BCUT2D eigenvalue weighted by Gasteiger charge is 2.19. The molecule has 0 radical (unpaired) electrons. The van der Waals surface area contributed by atoms with E-state index in [-0.39, 0.29) is 24.2 Å². The number of halogens is 1. The van der Waals surface area contributed by atoms with E-state index < -0.39 is 10.0 Å². The van der Waals surface area contributed by atoms with Gasteiger partial charge in [0.15, 0.2) is 0 Å². The SMILES string of the molecule is Cc1ccc2c(NS(=O)(=O)Cc3ccccn3)cccc2c1Oc1ncccc1-c1ccnc(NC2CCCNC2)n1.Cl. The Morgan fingerprint density at radius 3 is 2.63 bits per heavy atom. The Labute approximate surface area is 256 Å². The first-order chi connectivity index (χ1) is 20.4. The van der Waals surface area contributed by atoms with Crippen LogP contribution in [0.15, 0.2) is 85.3 Å². The molecule has 43 heavy (non-hydrogen) atoms. The second-order valence-electron chi connectivity index (χ2n) is 10.2. The standard InChI is InChI=1S/C31H31N7O3S.ClH/c1-21-12-13-24-25(9-4-11-28(24)38-42(39,40)20-23-7-2-3-16-33-23)29(21)41-30-26(10-6-17-34-30)27-14-18-35-31(37-27)36-22-8-5-15-32-19-22;/h2-4,6-7,9-14,16-18,22,32,38H,5,8,15,19-20H2,1H3,(H,35,36,37);1H. The van der Waals surface area contributed by atoms with Gasteiger partial charge in [0.25, 0.3) is 0 Å². The van der Waals surface area contributed by atoms with Crippen molar-refractivity contribution < 1.29 is 13.2 Å². The molecule has 0 saturated carbocycles. The second kappa shape index (κ2) is 13.3. The van der Waals surface area contributed by atoms with Gasteiger partial charge >= 0.3 is 0 Å². The van der Waals surface area contributed by atoms with Crippen LogP contribution < -0.4 is 20.1 Å². The molecule has 0 amide bonds. The Morgan fingerprint density at radius 1 is 0.930 bits per heavy atom. The summed E-state index contributed by atoms with van der Waals surface area (Å²) in [6.45, 7) is 3.85. The van der Waals surface area contributed by atoms with Gasteiger partial charge in [-0.25, -0.2) is 23.4 Å². The molecule has 1 aliphatic rings. The molecule has 0 spiro atoms. The number of pyridine rings is 2. The molecule has 10 nitrogen and oxygen atoms in total. The number of anilines is 2. The minimum atomic E-state index is -3.71. The molecule has 1 fully saturated rings. The van der Waals surface area contributed by atoms with E-state index in [1.54, 1.807) is 48.9 Å². The zero-order valence-electron chi connectivity index (χ0n) is 23.5. The molecule has 1 unspecified atom stereocenters. The Kier molecular flexibility index (Phi) is 9.34. The summed E-state index contributed by atoms with van der Waals surface area (Å²) in [7, 11) is -3.71. The fourth-order valence-corrected chi connectivity index (χ4v) is 6.19. The monoisotopic (exact) mass is 617 g/mol. The summed E-state index contributed by atoms with van der Waals surface area (Å²) < 4.78 is 35.2. The van der Waals surface area contributed by atoms with E-state index in [9.17, 15) is 8.42 Å². The lowest BCUT2D eigenvalue weighted by Gasteiger charge is -2.23. The maximum absolute atomic E-state index is 13.0. The fourth-order valence-electron chi connectivity index (χ4n) is 5.05. The molecule has 0 bridgehead atoms. The number of hydrogen-bond donors (Lipinski definition) is 3. The molecular formula is C31H32ClN7O3S. The van der Waals surface area contributed by atoms with Gasteiger partial charge in [0.2, 0.25) is 21.9 Å². The molecule has 5 aromatic rings. The van der Waals surface area contributed by atoms with Crippen LogP contribution in [0, 0.1) is 6.92 Å². The number of hydrogen-bond acceptors (Lipinski definition) is 9. The summed E-state index contributed by atoms with van der Waals surface area (Å²) in [6, 6.07) is 20.3. The number of aromatic nitrogens is 4. The fraction of sp³-hybridized carbons (Fsp3) is 0.226. The van der Waals surface area contributed by atoms with Crippen LogP contribution in [0.25, 0.3) is 22.0 Å². The minimum absolute atomic E-state index is 0. The number of nitrogens with one attached hydrogen (secondary N) is 3. The first-order valence-electron chi connectivity index (χ1n) is 13.8. The lowest BCUT2D eigenvalue weighted by molar-refractivity contribution is 0.466. The molecule has 6 rings (SSSR count). The van der Waals surface area contributed by atoms with Crippen LogP contribution in [0.2, 0.25) is 0 Å². The minimum Gasteiger partial charge on any atom is -0.437 e. The summed E-state index contributed by atoms with van der Waals surface area (Å²) in [6.07, 6.45) is 7.14. The predicted molar refractivity (Wildman–Crippen MR) is 171 cm³/mol. The van der Waals surface area contributed by atoms with Crippen molar-refractivity contribution in [3.8, 4) is 22.9 Å². The average molecular weight is 618 g/mol. The van der Waals surface area contributed by atoms with Crippen molar-refractivity contribution in [3.05, 3.63) is 96.6 Å². The van der Waals surface area contributed by atoms with E-state index in [1.165, 1.54) is 0 Å². The van der Waals surface area contributed by atoms with Gasteiger partial charge in [0, 0.05) is 41.9 Å². The van der Waals surface area contributed by atoms with E-state index in [0.29, 0.717) is 45.6 Å². The maximum Gasteiger partial charge on any atom is 0.238 e. The van der Waals surface area contributed by atoms with Crippen molar-refractivity contribution in [2.75, 3.05) is 23.1 Å². The van der Waals surface area contributed by atoms with Crippen LogP contribution >= 0.6 is 12.4 Å². The second-order valence-corrected chi connectivity index (χ2v) is 11.9. The lowest BCUT2D eigenvalue weighted by Crippen LogP contribution is -2.38. The number of ether oxygens (including phenoxy) is 1. The topological polar surface area (TPSA) is 131 Å². The largest absolute Gasteiger partial charge is 0.437 e. The summed E-state index contributed by atoms with van der Waals surface area (Å²) in [5, 5.41) is 8.28. The Hall–Kier alpha value is -4.32. The molecule has 4 heterocycles. The third-order valence-electron chi connectivity index (χ3n) is 7.07. The highest BCUT2D eigenvalue weighted by molar-refractivity contribution is 7.91. The van der Waals surface area contributed by atoms with Gasteiger partial charge in [-0.2, -0.15) is 0 Å². The van der Waals surface area contributed by atoms with Crippen LogP contribution in [0.5, 0.6) is 11.6 Å². The number of nitrogens with zero attached hydrogens (tertiary/aromatic N) is 4. The number of piperidine rings is 1.